The van der Waals surface area contributed by atoms with Crippen LogP contribution in [0.5, 0.6) is 5.75 Å². The van der Waals surface area contributed by atoms with Crippen LogP contribution in [0.15, 0.2) is 54.6 Å². The van der Waals surface area contributed by atoms with E-state index < -0.39 is 12.1 Å². The lowest BCUT2D eigenvalue weighted by Gasteiger charge is -2.34. The molecule has 0 bridgehead atoms. The van der Waals surface area contributed by atoms with Gasteiger partial charge in [-0.2, -0.15) is 5.10 Å². The highest BCUT2D eigenvalue weighted by molar-refractivity contribution is 5.72. The number of nitrogens with zero attached hydrogens (tertiary/aromatic N) is 3. The number of anilines is 1. The smallest absolute Gasteiger partial charge is 0.332 e. The molecule has 0 amide bonds. The first-order chi connectivity index (χ1) is 15.6. The lowest BCUT2D eigenvalue weighted by atomic mass is 10.1. The summed E-state index contributed by atoms with van der Waals surface area (Å²) in [4.78, 5) is 13.5. The molecule has 0 spiro atoms. The summed E-state index contributed by atoms with van der Waals surface area (Å²) in [6.45, 7) is 3.71. The summed E-state index contributed by atoms with van der Waals surface area (Å²) in [5, 5.41) is 14.0. The molecule has 1 aliphatic heterocycles. The van der Waals surface area contributed by atoms with Crippen molar-refractivity contribution in [1.82, 2.24) is 9.78 Å². The number of aromatic nitrogens is 2. The maximum Gasteiger partial charge on any atom is 0.332 e. The molecule has 32 heavy (non-hydrogen) atoms. The molecular formula is C25H27N3O4. The van der Waals surface area contributed by atoms with Gasteiger partial charge < -0.3 is 19.5 Å². The van der Waals surface area contributed by atoms with Gasteiger partial charge in [-0.05, 0) is 56.5 Å². The molecule has 1 aromatic heterocycles. The van der Waals surface area contributed by atoms with Crippen LogP contribution in [0.3, 0.4) is 0 Å². The zero-order valence-corrected chi connectivity index (χ0v) is 18.1. The first-order valence-electron chi connectivity index (χ1n) is 11.1. The molecular weight excluding hydrogens is 406 g/mol. The minimum absolute atomic E-state index is 0.123. The highest BCUT2D eigenvalue weighted by Crippen LogP contribution is 2.34. The van der Waals surface area contributed by atoms with Crippen LogP contribution in [-0.2, 0) is 16.1 Å². The number of para-hydroxylation sites is 2. The van der Waals surface area contributed by atoms with E-state index in [-0.39, 0.29) is 6.61 Å². The molecule has 2 heterocycles. The number of hydrogen-bond donors (Lipinski definition) is 1. The van der Waals surface area contributed by atoms with E-state index >= 15 is 0 Å². The second-order valence-corrected chi connectivity index (χ2v) is 8.40. The maximum atomic E-state index is 11.2. The molecule has 2 fully saturated rings. The third-order valence-electron chi connectivity index (χ3n) is 5.85. The fourth-order valence-electron chi connectivity index (χ4n) is 3.75. The van der Waals surface area contributed by atoms with Gasteiger partial charge in [0.05, 0.1) is 35.5 Å². The number of carboxylic acid groups (broad SMARTS) is 1. The molecule has 5 rings (SSSR count). The van der Waals surface area contributed by atoms with E-state index in [4.69, 9.17) is 19.7 Å². The Bertz CT molecular complexity index is 1120. The fourth-order valence-corrected chi connectivity index (χ4v) is 3.75. The van der Waals surface area contributed by atoms with Gasteiger partial charge in [-0.15, -0.1) is 0 Å². The van der Waals surface area contributed by atoms with Crippen molar-refractivity contribution in [1.29, 1.82) is 0 Å². The second kappa shape index (κ2) is 8.67. The summed E-state index contributed by atoms with van der Waals surface area (Å²) in [5.74, 6) is -0.135. The van der Waals surface area contributed by atoms with Gasteiger partial charge in [0, 0.05) is 18.7 Å². The molecule has 7 heteroatoms. The first-order valence-corrected chi connectivity index (χ1v) is 11.1. The van der Waals surface area contributed by atoms with E-state index in [1.165, 1.54) is 13.3 Å². The van der Waals surface area contributed by atoms with Gasteiger partial charge in [0.25, 0.3) is 0 Å². The van der Waals surface area contributed by atoms with Crippen LogP contribution >= 0.6 is 0 Å². The lowest BCUT2D eigenvalue weighted by molar-refractivity contribution is -0.149. The standard InChI is InChI=1S/C25H27N3O4/c1-17(25(29)30)31-16-19-15-24(18-6-4-7-21(14-18)32-20-10-11-20)28(26-19)23-9-3-2-8-22(23)27-12-5-13-27/h2-4,6-9,14-15,17,20H,5,10-13,16H2,1H3,(H,29,30). The van der Waals surface area contributed by atoms with Crippen LogP contribution in [0, 0.1) is 0 Å². The monoisotopic (exact) mass is 433 g/mol. The Balaban J connectivity index is 1.53. The Morgan fingerprint density at radius 1 is 1.12 bits per heavy atom. The van der Waals surface area contributed by atoms with Crippen LogP contribution in [-0.4, -0.2) is 46.2 Å². The predicted molar refractivity (Wildman–Crippen MR) is 121 cm³/mol. The first kappa shape index (κ1) is 20.6. The average Bonchev–Trinajstić information content (AvgIpc) is 3.46. The molecule has 1 saturated heterocycles. The minimum atomic E-state index is -0.988. The minimum Gasteiger partial charge on any atom is -0.490 e. The van der Waals surface area contributed by atoms with Gasteiger partial charge in [-0.25, -0.2) is 9.48 Å². The molecule has 0 radical (unpaired) electrons. The number of rotatable bonds is 9. The number of benzene rings is 2. The second-order valence-electron chi connectivity index (χ2n) is 8.40. The molecule has 1 atom stereocenters. The molecule has 2 aromatic carbocycles. The molecule has 2 aliphatic rings. The Kier molecular flexibility index (Phi) is 5.57. The van der Waals surface area contributed by atoms with Gasteiger partial charge in [0.1, 0.15) is 5.75 Å². The van der Waals surface area contributed by atoms with Gasteiger partial charge in [-0.1, -0.05) is 24.3 Å². The Hall–Kier alpha value is -3.32. The highest BCUT2D eigenvalue weighted by atomic mass is 16.5. The molecule has 3 aromatic rings. The van der Waals surface area contributed by atoms with Crippen LogP contribution in [0.2, 0.25) is 0 Å². The topological polar surface area (TPSA) is 76.8 Å². The van der Waals surface area contributed by atoms with Crippen molar-refractivity contribution in [3.05, 3.63) is 60.3 Å². The van der Waals surface area contributed by atoms with E-state index in [1.54, 1.807) is 0 Å². The van der Waals surface area contributed by atoms with Crippen molar-refractivity contribution in [2.45, 2.75) is 45.0 Å². The van der Waals surface area contributed by atoms with Crippen molar-refractivity contribution >= 4 is 11.7 Å². The zero-order chi connectivity index (χ0) is 22.1. The summed E-state index contributed by atoms with van der Waals surface area (Å²) < 4.78 is 13.5. The Labute approximate surface area is 187 Å². The Morgan fingerprint density at radius 2 is 1.91 bits per heavy atom. The molecule has 166 valence electrons. The third-order valence-corrected chi connectivity index (χ3v) is 5.85. The van der Waals surface area contributed by atoms with Crippen LogP contribution in [0.4, 0.5) is 5.69 Å². The van der Waals surface area contributed by atoms with Crippen molar-refractivity contribution in [2.24, 2.45) is 0 Å². The normalized spacial score (nSPS) is 16.5. The summed E-state index contributed by atoms with van der Waals surface area (Å²) in [6.07, 6.45) is 2.83. The predicted octanol–water partition coefficient (Wildman–Crippen LogP) is 4.28. The van der Waals surface area contributed by atoms with Crippen LogP contribution in [0.1, 0.15) is 31.9 Å². The Morgan fingerprint density at radius 3 is 2.59 bits per heavy atom. The van der Waals surface area contributed by atoms with Crippen LogP contribution < -0.4 is 9.64 Å². The van der Waals surface area contributed by atoms with Crippen LogP contribution in [0.25, 0.3) is 16.9 Å². The molecule has 1 aliphatic carbocycles. The third kappa shape index (κ3) is 4.34. The number of aliphatic carboxylic acids is 1. The van der Waals surface area contributed by atoms with E-state index in [9.17, 15) is 4.79 Å². The molecule has 1 unspecified atom stereocenters. The molecule has 7 nitrogen and oxygen atoms in total. The quantitative estimate of drug-likeness (QED) is 0.543. The van der Waals surface area contributed by atoms with Crippen molar-refractivity contribution < 1.29 is 19.4 Å². The molecule has 1 saturated carbocycles. The summed E-state index contributed by atoms with van der Waals surface area (Å²) >= 11 is 0. The summed E-state index contributed by atoms with van der Waals surface area (Å²) in [5.41, 5.74) is 4.72. The fraction of sp³-hybridized carbons (Fsp3) is 0.360. The van der Waals surface area contributed by atoms with Gasteiger partial charge >= 0.3 is 5.97 Å². The van der Waals surface area contributed by atoms with E-state index in [0.717, 1.165) is 54.3 Å². The highest BCUT2D eigenvalue weighted by Gasteiger charge is 2.24. The summed E-state index contributed by atoms with van der Waals surface area (Å²) in [6, 6.07) is 18.3. The SMILES string of the molecule is CC(OCc1cc(-c2cccc(OC3CC3)c2)n(-c2ccccc2N2CCC2)n1)C(=O)O. The van der Waals surface area contributed by atoms with Crippen molar-refractivity contribution in [2.75, 3.05) is 18.0 Å². The summed E-state index contributed by atoms with van der Waals surface area (Å²) in [7, 11) is 0. The van der Waals surface area contributed by atoms with E-state index in [0.29, 0.717) is 11.8 Å². The lowest BCUT2D eigenvalue weighted by Crippen LogP contribution is -2.37. The van der Waals surface area contributed by atoms with Gasteiger partial charge in [0.15, 0.2) is 6.10 Å². The number of carboxylic acids is 1. The van der Waals surface area contributed by atoms with Crippen molar-refractivity contribution in [3.8, 4) is 22.7 Å². The average molecular weight is 434 g/mol. The largest absolute Gasteiger partial charge is 0.490 e. The number of carbonyl (C=O) groups is 1. The number of hydrogen-bond acceptors (Lipinski definition) is 5. The van der Waals surface area contributed by atoms with Gasteiger partial charge in [0.2, 0.25) is 0 Å². The van der Waals surface area contributed by atoms with E-state index in [2.05, 4.69) is 17.0 Å². The van der Waals surface area contributed by atoms with Crippen molar-refractivity contribution in [3.63, 3.8) is 0 Å². The number of ether oxygens (including phenoxy) is 2. The van der Waals surface area contributed by atoms with E-state index in [1.807, 2.05) is 47.1 Å². The van der Waals surface area contributed by atoms with Gasteiger partial charge in [-0.3, -0.25) is 0 Å². The molecule has 1 N–H and O–H groups in total. The zero-order valence-electron chi connectivity index (χ0n) is 18.1. The maximum absolute atomic E-state index is 11.2.